The standard InChI is InChI=1S/C47H57N12O6P/c1-5-31-27-37(51-47-48-29-40(59-19-16-49-54-59)44(53-47)50-36-8-6-7-9-42(36)66(3,4)63)41(64-2)28-39(31)57-17-14-33(15-18-57)56-22-20-55(21-23-56)24-25-65-34-10-11-35-32(26-34)30-58(46(35)62)38-12-13-43(60)52-45(38)61/h6-11,16,19,26-29,33,38H,5,12-15,17-18,20-25,30H2,1-4H3,(H,52,60,61)(H2,48,50,51,53). The van der Waals surface area contributed by atoms with Crippen molar-refractivity contribution >= 4 is 59.0 Å². The van der Waals surface area contributed by atoms with Crippen LogP contribution in [0.1, 0.15) is 54.1 Å². The highest BCUT2D eigenvalue weighted by atomic mass is 31.2. The molecule has 3 N–H and O–H groups in total. The van der Waals surface area contributed by atoms with Crippen LogP contribution in [0.2, 0.25) is 0 Å². The summed E-state index contributed by atoms with van der Waals surface area (Å²) >= 11 is 0. The number of carbonyl (C=O) groups is 3. The Balaban J connectivity index is 0.780. The lowest BCUT2D eigenvalue weighted by atomic mass is 9.99. The highest BCUT2D eigenvalue weighted by Crippen LogP contribution is 2.40. The summed E-state index contributed by atoms with van der Waals surface area (Å²) in [7, 11) is -0.932. The molecule has 0 spiro atoms. The number of aromatic nitrogens is 5. The number of nitrogens with one attached hydrogen (secondary N) is 3. The Morgan fingerprint density at radius 2 is 1.71 bits per heavy atom. The average Bonchev–Trinajstić information content (AvgIpc) is 3.97. The summed E-state index contributed by atoms with van der Waals surface area (Å²) in [5, 5.41) is 18.0. The third-order valence-electron chi connectivity index (χ3n) is 13.1. The lowest BCUT2D eigenvalue weighted by Crippen LogP contribution is -2.53. The molecule has 19 heteroatoms. The van der Waals surface area contributed by atoms with Crippen LogP contribution in [-0.4, -0.2) is 142 Å². The number of hydrogen-bond donors (Lipinski definition) is 3. The van der Waals surface area contributed by atoms with Crippen molar-refractivity contribution in [1.82, 2.24) is 45.0 Å². The minimum Gasteiger partial charge on any atom is -0.494 e. The highest BCUT2D eigenvalue weighted by Gasteiger charge is 2.39. The van der Waals surface area contributed by atoms with Gasteiger partial charge in [-0.05, 0) is 86.5 Å². The second-order valence-electron chi connectivity index (χ2n) is 17.6. The van der Waals surface area contributed by atoms with Gasteiger partial charge in [0.2, 0.25) is 17.8 Å². The number of methoxy groups -OCH3 is 1. The van der Waals surface area contributed by atoms with E-state index in [4.69, 9.17) is 14.5 Å². The van der Waals surface area contributed by atoms with Crippen LogP contribution < -0.4 is 35.6 Å². The lowest BCUT2D eigenvalue weighted by Gasteiger charge is -2.43. The van der Waals surface area contributed by atoms with E-state index in [2.05, 4.69) is 65.0 Å². The van der Waals surface area contributed by atoms with Crippen molar-refractivity contribution in [2.24, 2.45) is 0 Å². The Labute approximate surface area is 384 Å². The fourth-order valence-corrected chi connectivity index (χ4v) is 10.7. The number of benzene rings is 3. The number of piperidine rings is 2. The molecule has 5 aromatic rings. The zero-order valence-electron chi connectivity index (χ0n) is 37.9. The molecule has 6 heterocycles. The smallest absolute Gasteiger partial charge is 0.255 e. The first kappa shape index (κ1) is 44.8. The van der Waals surface area contributed by atoms with Gasteiger partial charge in [-0.25, -0.2) is 9.67 Å². The van der Waals surface area contributed by atoms with E-state index in [1.54, 1.807) is 54.7 Å². The molecule has 4 aliphatic rings. The molecule has 4 aliphatic heterocycles. The van der Waals surface area contributed by atoms with Crippen LogP contribution in [0.3, 0.4) is 0 Å². The highest BCUT2D eigenvalue weighted by molar-refractivity contribution is 7.70. The molecule has 3 fully saturated rings. The molecule has 2 aromatic heterocycles. The molecule has 1 atom stereocenters. The van der Waals surface area contributed by atoms with E-state index in [0.717, 1.165) is 81.6 Å². The fourth-order valence-electron chi connectivity index (χ4n) is 9.54. The van der Waals surface area contributed by atoms with Crippen molar-refractivity contribution in [3.63, 3.8) is 0 Å². The fraction of sp³-hybridized carbons (Fsp3) is 0.426. The maximum absolute atomic E-state index is 13.2. The zero-order valence-corrected chi connectivity index (χ0v) is 38.8. The number of piperazine rings is 1. The monoisotopic (exact) mass is 916 g/mol. The van der Waals surface area contributed by atoms with E-state index >= 15 is 0 Å². The largest absolute Gasteiger partial charge is 0.494 e. The van der Waals surface area contributed by atoms with Gasteiger partial charge >= 0.3 is 0 Å². The number of aryl methyl sites for hydroxylation is 1. The first-order valence-corrected chi connectivity index (χ1v) is 25.3. The van der Waals surface area contributed by atoms with Crippen LogP contribution in [-0.2, 0) is 27.1 Å². The normalized spacial score (nSPS) is 18.6. The van der Waals surface area contributed by atoms with Gasteiger partial charge in [-0.2, -0.15) is 4.98 Å². The Kier molecular flexibility index (Phi) is 13.1. The Morgan fingerprint density at radius 3 is 2.44 bits per heavy atom. The summed E-state index contributed by atoms with van der Waals surface area (Å²) in [6.45, 7) is 13.2. The van der Waals surface area contributed by atoms with Gasteiger partial charge in [0.05, 0.1) is 37.1 Å². The molecule has 3 aromatic carbocycles. The molecule has 18 nitrogen and oxygen atoms in total. The summed E-state index contributed by atoms with van der Waals surface area (Å²) in [6, 6.07) is 17.2. The van der Waals surface area contributed by atoms with Crippen LogP contribution in [0.4, 0.5) is 28.8 Å². The van der Waals surface area contributed by atoms with Crippen molar-refractivity contribution in [2.45, 2.75) is 57.7 Å². The maximum Gasteiger partial charge on any atom is 0.255 e. The average molecular weight is 917 g/mol. The first-order valence-electron chi connectivity index (χ1n) is 22.7. The summed E-state index contributed by atoms with van der Waals surface area (Å²) in [6.07, 6.45) is 8.54. The van der Waals surface area contributed by atoms with Gasteiger partial charge in [0.15, 0.2) is 5.82 Å². The number of para-hydroxylation sites is 1. The predicted octanol–water partition coefficient (Wildman–Crippen LogP) is 4.79. The van der Waals surface area contributed by atoms with Gasteiger partial charge < -0.3 is 34.5 Å². The molecule has 0 radical (unpaired) electrons. The molecular weight excluding hydrogens is 860 g/mol. The third-order valence-corrected chi connectivity index (χ3v) is 14.7. The second kappa shape index (κ2) is 19.2. The molecular formula is C47H57N12O6P. The number of imide groups is 1. The van der Waals surface area contributed by atoms with Crippen LogP contribution >= 0.6 is 7.14 Å². The van der Waals surface area contributed by atoms with Gasteiger partial charge in [-0.1, -0.05) is 24.3 Å². The Hall–Kier alpha value is -6.36. The van der Waals surface area contributed by atoms with Gasteiger partial charge in [0, 0.05) is 87.4 Å². The van der Waals surface area contributed by atoms with E-state index < -0.39 is 19.1 Å². The molecule has 9 rings (SSSR count). The van der Waals surface area contributed by atoms with Crippen molar-refractivity contribution < 1.29 is 28.4 Å². The molecule has 0 aliphatic carbocycles. The molecule has 1 unspecified atom stereocenters. The lowest BCUT2D eigenvalue weighted by molar-refractivity contribution is -0.136. The first-order chi connectivity index (χ1) is 31.9. The molecule has 0 bridgehead atoms. The summed E-state index contributed by atoms with van der Waals surface area (Å²) in [5.41, 5.74) is 5.83. The Bertz CT molecular complexity index is 2640. The topological polar surface area (TPSA) is 192 Å². The van der Waals surface area contributed by atoms with Gasteiger partial charge in [0.1, 0.15) is 37.0 Å². The summed E-state index contributed by atoms with van der Waals surface area (Å²) in [4.78, 5) is 55.8. The quantitative estimate of drug-likeness (QED) is 0.0959. The summed E-state index contributed by atoms with van der Waals surface area (Å²) in [5.74, 6) is 1.34. The number of ether oxygens (including phenoxy) is 2. The van der Waals surface area contributed by atoms with E-state index in [-0.39, 0.29) is 18.2 Å². The number of amides is 3. The van der Waals surface area contributed by atoms with Gasteiger partial charge in [-0.15, -0.1) is 5.10 Å². The maximum atomic E-state index is 13.2. The second-order valence-corrected chi connectivity index (χ2v) is 20.8. The van der Waals surface area contributed by atoms with Gasteiger partial charge in [-0.3, -0.25) is 29.5 Å². The molecule has 3 amide bonds. The predicted molar refractivity (Wildman–Crippen MR) is 253 cm³/mol. The van der Waals surface area contributed by atoms with E-state index in [1.165, 1.54) is 11.3 Å². The molecule has 66 heavy (non-hydrogen) atoms. The van der Waals surface area contributed by atoms with Crippen molar-refractivity contribution in [3.8, 4) is 17.2 Å². The van der Waals surface area contributed by atoms with Crippen LogP contribution in [0, 0.1) is 0 Å². The molecule has 0 saturated carbocycles. The van der Waals surface area contributed by atoms with Crippen LogP contribution in [0.25, 0.3) is 5.69 Å². The van der Waals surface area contributed by atoms with Crippen molar-refractivity contribution in [3.05, 3.63) is 89.9 Å². The number of anilines is 5. The van der Waals surface area contributed by atoms with Gasteiger partial charge in [0.25, 0.3) is 5.91 Å². The van der Waals surface area contributed by atoms with E-state index in [0.29, 0.717) is 65.8 Å². The number of carbonyl (C=O) groups excluding carboxylic acids is 3. The van der Waals surface area contributed by atoms with Crippen LogP contribution in [0.5, 0.6) is 11.5 Å². The number of rotatable bonds is 15. The van der Waals surface area contributed by atoms with Crippen LogP contribution in [0.15, 0.2) is 73.2 Å². The molecule has 346 valence electrons. The summed E-state index contributed by atoms with van der Waals surface area (Å²) < 4.78 is 26.9. The zero-order chi connectivity index (χ0) is 46.0. The number of fused-ring (bicyclic) bond motifs is 1. The number of hydrogen-bond acceptors (Lipinski definition) is 15. The SMILES string of the molecule is CCc1cc(Nc2ncc(-n3ccnn3)c(Nc3ccccc3P(C)(C)=O)n2)c(OC)cc1N1CCC(N2CCN(CCOc3ccc4c(c3)CN(C3CCC(=O)NC3=O)C4=O)CC2)CC1. The van der Waals surface area contributed by atoms with E-state index in [1.807, 2.05) is 36.4 Å². The Morgan fingerprint density at radius 1 is 0.909 bits per heavy atom. The molecule has 3 saturated heterocycles. The van der Waals surface area contributed by atoms with Crippen molar-refractivity contribution in [2.75, 3.05) is 88.4 Å². The van der Waals surface area contributed by atoms with E-state index in [9.17, 15) is 18.9 Å². The van der Waals surface area contributed by atoms with Crippen molar-refractivity contribution in [1.29, 1.82) is 0 Å². The minimum absolute atomic E-state index is 0.182. The number of nitrogens with zero attached hydrogens (tertiary/aromatic N) is 9. The minimum atomic E-state index is -2.61. The third kappa shape index (κ3) is 9.62.